The zero-order valence-corrected chi connectivity index (χ0v) is 26.0. The van der Waals surface area contributed by atoms with Crippen LogP contribution in [0.15, 0.2) is 200 Å². The summed E-state index contributed by atoms with van der Waals surface area (Å²) in [5, 5.41) is 2.52. The van der Waals surface area contributed by atoms with E-state index in [1.54, 1.807) is 0 Å². The van der Waals surface area contributed by atoms with Gasteiger partial charge in [0.15, 0.2) is 0 Å². The Morgan fingerprint density at radius 3 is 1.38 bits per heavy atom. The molecule has 0 aromatic heterocycles. The molecule has 222 valence electrons. The second-order valence-electron chi connectivity index (χ2n) is 11.8. The van der Waals surface area contributed by atoms with Crippen molar-refractivity contribution in [3.8, 4) is 44.5 Å². The molecule has 8 aromatic carbocycles. The van der Waals surface area contributed by atoms with Crippen molar-refractivity contribution in [3.63, 3.8) is 0 Å². The standard InChI is InChI=1S/C46H33N/c1-3-13-34(14-4-1)36-27-29-42(30-28-36)47(43-23-10-20-39(32-43)35-15-5-2-6-16-35)44-24-11-21-40(33-44)38-19-9-22-41(31-38)46-26-12-18-37-17-7-8-25-45(37)46/h1-33H. The van der Waals surface area contributed by atoms with Gasteiger partial charge in [-0.05, 0) is 97.7 Å². The molecule has 8 rings (SSSR count). The highest BCUT2D eigenvalue weighted by Crippen LogP contribution is 2.39. The lowest BCUT2D eigenvalue weighted by Gasteiger charge is -2.27. The fraction of sp³-hybridized carbons (Fsp3) is 0. The van der Waals surface area contributed by atoms with Gasteiger partial charge < -0.3 is 4.90 Å². The fourth-order valence-corrected chi connectivity index (χ4v) is 6.50. The van der Waals surface area contributed by atoms with E-state index in [0.29, 0.717) is 0 Å². The van der Waals surface area contributed by atoms with Crippen LogP contribution in [0.4, 0.5) is 17.1 Å². The Kier molecular flexibility index (Phi) is 7.63. The van der Waals surface area contributed by atoms with Crippen molar-refractivity contribution in [3.05, 3.63) is 200 Å². The molecule has 0 atom stereocenters. The third-order valence-electron chi connectivity index (χ3n) is 8.84. The van der Waals surface area contributed by atoms with Crippen LogP contribution >= 0.6 is 0 Å². The molecule has 1 nitrogen and oxygen atoms in total. The average Bonchev–Trinajstić information content (AvgIpc) is 3.16. The summed E-state index contributed by atoms with van der Waals surface area (Å²) in [5.74, 6) is 0. The lowest BCUT2D eigenvalue weighted by atomic mass is 9.95. The number of fused-ring (bicyclic) bond motifs is 1. The highest BCUT2D eigenvalue weighted by molar-refractivity contribution is 5.97. The predicted octanol–water partition coefficient (Wildman–Crippen LogP) is 13.0. The molecule has 0 radical (unpaired) electrons. The van der Waals surface area contributed by atoms with Gasteiger partial charge in [-0.1, -0.05) is 158 Å². The van der Waals surface area contributed by atoms with Crippen LogP contribution in [0.5, 0.6) is 0 Å². The van der Waals surface area contributed by atoms with E-state index >= 15 is 0 Å². The zero-order valence-electron chi connectivity index (χ0n) is 26.0. The van der Waals surface area contributed by atoms with Gasteiger partial charge in [0, 0.05) is 17.1 Å². The van der Waals surface area contributed by atoms with E-state index in [1.165, 1.54) is 55.3 Å². The van der Waals surface area contributed by atoms with E-state index in [2.05, 4.69) is 205 Å². The first-order valence-electron chi connectivity index (χ1n) is 16.1. The fourth-order valence-electron chi connectivity index (χ4n) is 6.50. The third kappa shape index (κ3) is 5.83. The molecule has 0 saturated carbocycles. The van der Waals surface area contributed by atoms with Gasteiger partial charge in [-0.2, -0.15) is 0 Å². The number of rotatable bonds is 7. The summed E-state index contributed by atoms with van der Waals surface area (Å²) in [6, 6.07) is 71.8. The highest BCUT2D eigenvalue weighted by Gasteiger charge is 2.15. The van der Waals surface area contributed by atoms with Crippen LogP contribution in [0, 0.1) is 0 Å². The number of hydrogen-bond donors (Lipinski definition) is 0. The van der Waals surface area contributed by atoms with E-state index < -0.39 is 0 Å². The first-order valence-corrected chi connectivity index (χ1v) is 16.1. The second-order valence-corrected chi connectivity index (χ2v) is 11.8. The van der Waals surface area contributed by atoms with Crippen molar-refractivity contribution in [1.29, 1.82) is 0 Å². The number of hydrogen-bond acceptors (Lipinski definition) is 1. The van der Waals surface area contributed by atoms with Gasteiger partial charge in [-0.3, -0.25) is 0 Å². The van der Waals surface area contributed by atoms with E-state index in [1.807, 2.05) is 0 Å². The summed E-state index contributed by atoms with van der Waals surface area (Å²) in [6.45, 7) is 0. The molecule has 47 heavy (non-hydrogen) atoms. The van der Waals surface area contributed by atoms with Crippen molar-refractivity contribution in [1.82, 2.24) is 0 Å². The third-order valence-corrected chi connectivity index (χ3v) is 8.84. The normalized spacial score (nSPS) is 11.0. The minimum Gasteiger partial charge on any atom is -0.310 e. The van der Waals surface area contributed by atoms with E-state index in [-0.39, 0.29) is 0 Å². The average molecular weight is 600 g/mol. The van der Waals surface area contributed by atoms with Gasteiger partial charge in [-0.25, -0.2) is 0 Å². The Bertz CT molecular complexity index is 2280. The number of anilines is 3. The van der Waals surface area contributed by atoms with Gasteiger partial charge in [0.25, 0.3) is 0 Å². The van der Waals surface area contributed by atoms with E-state index in [4.69, 9.17) is 0 Å². The number of benzene rings is 8. The summed E-state index contributed by atoms with van der Waals surface area (Å²) < 4.78 is 0. The number of nitrogens with zero attached hydrogens (tertiary/aromatic N) is 1. The summed E-state index contributed by atoms with van der Waals surface area (Å²) in [6.07, 6.45) is 0. The second kappa shape index (κ2) is 12.7. The molecule has 1 heteroatoms. The van der Waals surface area contributed by atoms with Crippen LogP contribution in [0.3, 0.4) is 0 Å². The van der Waals surface area contributed by atoms with Crippen molar-refractivity contribution >= 4 is 27.8 Å². The molecule has 8 aromatic rings. The lowest BCUT2D eigenvalue weighted by molar-refractivity contribution is 1.28. The molecule has 0 aliphatic rings. The van der Waals surface area contributed by atoms with Gasteiger partial charge in [0.05, 0.1) is 0 Å². The molecule has 0 fully saturated rings. The van der Waals surface area contributed by atoms with Crippen LogP contribution in [-0.4, -0.2) is 0 Å². The van der Waals surface area contributed by atoms with E-state index in [9.17, 15) is 0 Å². The van der Waals surface area contributed by atoms with Crippen LogP contribution < -0.4 is 4.90 Å². The molecule has 0 bridgehead atoms. The molecule has 0 saturated heterocycles. The Labute approximate surface area is 276 Å². The van der Waals surface area contributed by atoms with Gasteiger partial charge >= 0.3 is 0 Å². The maximum Gasteiger partial charge on any atom is 0.0467 e. The largest absolute Gasteiger partial charge is 0.310 e. The topological polar surface area (TPSA) is 3.24 Å². The Balaban J connectivity index is 1.22. The molecule has 0 heterocycles. The molecular weight excluding hydrogens is 567 g/mol. The van der Waals surface area contributed by atoms with Gasteiger partial charge in [0.2, 0.25) is 0 Å². The maximum absolute atomic E-state index is 2.36. The van der Waals surface area contributed by atoms with Crippen LogP contribution in [0.2, 0.25) is 0 Å². The monoisotopic (exact) mass is 599 g/mol. The summed E-state index contributed by atoms with van der Waals surface area (Å²) in [7, 11) is 0. The lowest BCUT2D eigenvalue weighted by Crippen LogP contribution is -2.10. The summed E-state index contributed by atoms with van der Waals surface area (Å²) >= 11 is 0. The Morgan fingerprint density at radius 2 is 0.702 bits per heavy atom. The van der Waals surface area contributed by atoms with Crippen molar-refractivity contribution in [2.24, 2.45) is 0 Å². The minimum absolute atomic E-state index is 1.11. The molecule has 0 N–H and O–H groups in total. The molecular formula is C46H33N. The molecule has 0 aliphatic carbocycles. The van der Waals surface area contributed by atoms with Crippen LogP contribution in [0.1, 0.15) is 0 Å². The Hall–Kier alpha value is -6.18. The predicted molar refractivity (Wildman–Crippen MR) is 200 cm³/mol. The van der Waals surface area contributed by atoms with Crippen molar-refractivity contribution < 1.29 is 0 Å². The smallest absolute Gasteiger partial charge is 0.0467 e. The molecule has 0 amide bonds. The highest BCUT2D eigenvalue weighted by atomic mass is 15.1. The molecule has 0 aliphatic heterocycles. The first kappa shape index (κ1) is 28.3. The summed E-state index contributed by atoms with van der Waals surface area (Å²) in [4.78, 5) is 2.36. The quantitative estimate of drug-likeness (QED) is 0.176. The SMILES string of the molecule is c1ccc(-c2ccc(N(c3cccc(-c4ccccc4)c3)c3cccc(-c4cccc(-c5cccc6ccccc56)c4)c3)cc2)cc1. The Morgan fingerprint density at radius 1 is 0.255 bits per heavy atom. The van der Waals surface area contributed by atoms with Crippen molar-refractivity contribution in [2.45, 2.75) is 0 Å². The minimum atomic E-state index is 1.11. The molecule has 0 unspecified atom stereocenters. The molecule has 0 spiro atoms. The van der Waals surface area contributed by atoms with Crippen LogP contribution in [-0.2, 0) is 0 Å². The van der Waals surface area contributed by atoms with Gasteiger partial charge in [-0.15, -0.1) is 0 Å². The summed E-state index contributed by atoms with van der Waals surface area (Å²) in [5.41, 5.74) is 13.0. The van der Waals surface area contributed by atoms with Crippen molar-refractivity contribution in [2.75, 3.05) is 4.90 Å². The van der Waals surface area contributed by atoms with E-state index in [0.717, 1.165) is 17.1 Å². The maximum atomic E-state index is 2.36. The first-order chi connectivity index (χ1) is 23.3. The van der Waals surface area contributed by atoms with Gasteiger partial charge in [0.1, 0.15) is 0 Å². The zero-order chi connectivity index (χ0) is 31.4. The van der Waals surface area contributed by atoms with Crippen LogP contribution in [0.25, 0.3) is 55.3 Å².